The molecule has 0 fully saturated rings. The van der Waals surface area contributed by atoms with Gasteiger partial charge in [0.1, 0.15) is 5.30 Å². The van der Waals surface area contributed by atoms with Crippen LogP contribution in [0.25, 0.3) is 26.4 Å². The molecular weight excluding hydrogens is 1510 g/mol. The van der Waals surface area contributed by atoms with Crippen molar-refractivity contribution in [1.29, 1.82) is 0 Å². The number of benzene rings is 4. The van der Waals surface area contributed by atoms with E-state index in [1.165, 1.54) is 44.5 Å². The Labute approximate surface area is 530 Å². The van der Waals surface area contributed by atoms with Crippen molar-refractivity contribution < 1.29 is 86.6 Å². The summed E-state index contributed by atoms with van der Waals surface area (Å²) in [6.07, 6.45) is 0. The van der Waals surface area contributed by atoms with Crippen molar-refractivity contribution in [1.82, 2.24) is 0 Å². The molecule has 0 aromatic heterocycles. The fourth-order valence-corrected chi connectivity index (χ4v) is 29.3. The molecule has 0 radical (unpaired) electrons. The van der Waals surface area contributed by atoms with Crippen molar-refractivity contribution in [2.45, 2.75) is 246 Å². The molecule has 4 aromatic carbocycles. The van der Waals surface area contributed by atoms with Crippen LogP contribution in [0.2, 0.25) is 0 Å². The van der Waals surface area contributed by atoms with Crippen molar-refractivity contribution >= 4 is 49.1 Å². The summed E-state index contributed by atoms with van der Waals surface area (Å²) in [6, 6.07) is 33.0. The third kappa shape index (κ3) is 26.4. The second-order valence-corrected chi connectivity index (χ2v) is 44.7. The van der Waals surface area contributed by atoms with Crippen LogP contribution in [-0.2, 0) is 63.5 Å². The van der Waals surface area contributed by atoms with Crippen LogP contribution in [0.3, 0.4) is 0 Å². The molecule has 5 nitrogen and oxygen atoms in total. The number of alkyl halides is 6. The molecule has 82 heavy (non-hydrogen) atoms. The zero-order chi connectivity index (χ0) is 63.6. The van der Waals surface area contributed by atoms with E-state index >= 15 is 0 Å². The molecule has 0 aliphatic carbocycles. The van der Waals surface area contributed by atoms with Crippen LogP contribution in [0.1, 0.15) is 226 Å². The Morgan fingerprint density at radius 3 is 0.683 bits per heavy atom. The Kier molecular flexibility index (Phi) is 34.3. The average Bonchev–Trinajstić information content (AvgIpc) is 3.22. The molecule has 0 unspecified atom stereocenters. The normalized spacial score (nSPS) is 13.1. The van der Waals surface area contributed by atoms with Crippen LogP contribution >= 0.6 is 23.8 Å². The molecule has 0 heterocycles. The van der Waals surface area contributed by atoms with E-state index in [9.17, 15) is 43.2 Å². The maximum Gasteiger partial charge on any atom is 1.00 e. The fraction of sp³-hybridized carbons (Fsp3) is 0.625. The maximum atomic E-state index is 11.4. The molecule has 0 spiro atoms. The Hall–Kier alpha value is -0.961. The van der Waals surface area contributed by atoms with Gasteiger partial charge >= 0.3 is 33.4 Å². The minimum absolute atomic E-state index is 0. The smallest absolute Gasteiger partial charge is 0.421 e. The number of rotatable bonds is 9. The van der Waals surface area contributed by atoms with Gasteiger partial charge in [-0.15, -0.1) is 0 Å². The molecule has 0 aliphatic rings. The predicted octanol–water partition coefficient (Wildman–Crippen LogP) is 21.5. The summed E-state index contributed by atoms with van der Waals surface area (Å²) >= 11 is 0. The first-order chi connectivity index (χ1) is 35.5. The summed E-state index contributed by atoms with van der Waals surface area (Å²) in [5.74, 6) is 1.98. The molecule has 0 amide bonds. The van der Waals surface area contributed by atoms with Crippen LogP contribution in [0.15, 0.2) is 91.0 Å². The molecule has 4 aromatic rings. The number of hydrogen-bond donors (Lipinski definition) is 0. The second kappa shape index (κ2) is 33.0. The van der Waals surface area contributed by atoms with Crippen LogP contribution in [0.5, 0.6) is 0 Å². The monoisotopic (exact) mass is 1620 g/mol. The van der Waals surface area contributed by atoms with Crippen molar-refractivity contribution in [3.63, 3.8) is 0 Å². The molecular formula is C64H106AuF6NO4P3PtS2+3. The molecule has 0 saturated heterocycles. The van der Waals surface area contributed by atoms with E-state index in [0.717, 1.165) is 4.13 Å². The van der Waals surface area contributed by atoms with Crippen LogP contribution in [-0.4, -0.2) is 72.1 Å². The topological polar surface area (TPSA) is 82.4 Å². The van der Waals surface area contributed by atoms with Crippen molar-refractivity contribution in [2.75, 3.05) is 13.3 Å². The van der Waals surface area contributed by atoms with Gasteiger partial charge in [0.25, 0.3) is 0 Å². The van der Waals surface area contributed by atoms with E-state index in [2.05, 4.69) is 248 Å². The molecule has 478 valence electrons. The summed E-state index contributed by atoms with van der Waals surface area (Å²) in [7, 11) is -15.0. The van der Waals surface area contributed by atoms with Crippen LogP contribution < -0.4 is 5.30 Å². The number of sulfonamides is 2. The molecule has 0 aliphatic heterocycles. The molecule has 0 N–H and O–H groups in total. The van der Waals surface area contributed by atoms with Crippen molar-refractivity contribution in [3.05, 3.63) is 117 Å². The Morgan fingerprint density at radius 2 is 0.549 bits per heavy atom. The summed E-state index contributed by atoms with van der Waals surface area (Å²) in [4.78, 5) is 0. The fourth-order valence-electron chi connectivity index (χ4n) is 12.6. The van der Waals surface area contributed by atoms with Gasteiger partial charge < -0.3 is 4.13 Å². The third-order valence-electron chi connectivity index (χ3n) is 12.8. The average molecular weight is 1620 g/mol. The van der Waals surface area contributed by atoms with Gasteiger partial charge in [-0.1, -0.05) is 146 Å². The first-order valence-electron chi connectivity index (χ1n) is 27.8. The minimum atomic E-state index is -6.72. The number of hydrogen-bond acceptors (Lipinski definition) is 4. The van der Waals surface area contributed by atoms with Crippen molar-refractivity contribution in [3.8, 4) is 22.3 Å². The standard InChI is InChI=1S/C32H43P.2C12H27P.C6H6.C2F6NO4S2.Au.Pt/c1-20(2)24-14-11-15-25(21(3)4)30(24)28-18-13-19-29(32(28)33(9)10)31-26(22(5)6)16-12-17-27(31)23(7)8;2*1-10(2,3)13(11(4,5)6)12(7,8)9;1-2-4-6-5-3-1;3-1(4,5)14(10,11)9-15(12,13)2(6,7)8;;/h11-23H,1-10H3;2*1-9H3;1-6H;;;/q;;;;-1;+1;/p+3. The zero-order valence-electron chi connectivity index (χ0n) is 54.8. The van der Waals surface area contributed by atoms with E-state index in [4.69, 9.17) is 0 Å². The zero-order valence-corrected chi connectivity index (χ0v) is 63.8. The van der Waals surface area contributed by atoms with Gasteiger partial charge in [0.2, 0.25) is 0 Å². The van der Waals surface area contributed by atoms with E-state index in [1.54, 1.807) is 5.30 Å². The summed E-state index contributed by atoms with van der Waals surface area (Å²) in [5.41, 5.74) is -0.602. The van der Waals surface area contributed by atoms with Gasteiger partial charge in [-0.25, -0.2) is 16.8 Å². The Balaban J connectivity index is -0.00000107. The number of halogens is 6. The molecule has 4 rings (SSSR count). The first kappa shape index (κ1) is 85.2. The van der Waals surface area contributed by atoms with Crippen molar-refractivity contribution in [2.24, 2.45) is 0 Å². The van der Waals surface area contributed by atoms with Gasteiger partial charge in [-0.3, -0.25) is 0 Å². The van der Waals surface area contributed by atoms with E-state index < -0.39 is 54.8 Å². The van der Waals surface area contributed by atoms with Gasteiger partial charge in [0.15, 0.2) is 20.0 Å². The molecule has 18 heteroatoms. The second-order valence-electron chi connectivity index (χ2n) is 28.3. The quantitative estimate of drug-likeness (QED) is 0.0950. The summed E-state index contributed by atoms with van der Waals surface area (Å²) in [6.45, 7) is 66.8. The van der Waals surface area contributed by atoms with E-state index in [0.29, 0.717) is 54.6 Å². The van der Waals surface area contributed by atoms with Crippen LogP contribution in [0.4, 0.5) is 26.3 Å². The summed E-state index contributed by atoms with van der Waals surface area (Å²) < 4.78 is 109. The predicted molar refractivity (Wildman–Crippen MR) is 348 cm³/mol. The Bertz CT molecular complexity index is 2450. The van der Waals surface area contributed by atoms with E-state index in [-0.39, 0.29) is 43.4 Å². The van der Waals surface area contributed by atoms with E-state index in [1.807, 2.05) is 36.4 Å². The van der Waals surface area contributed by atoms with Gasteiger partial charge in [-0.2, -0.15) is 26.3 Å². The molecule has 0 saturated carbocycles. The third-order valence-corrected chi connectivity index (χ3v) is 26.1. The SMILES string of the molecule is CC(C)(C)[PH+](C(C)(C)C)C(C)(C)C.CC(C)(C)[PH+](C(C)(C)C)C(C)(C)C.CC(C)c1cccc(C(C)C)c1-c1cccc(-c2c(C(C)C)cccc2C(C)C)c1[PH+](C)C.O=S(=O)([N-]S(=O)(=O)C(F)(F)F)C(F)(F)F.[Au+].[Pt].c1ccccc1. The molecule has 0 bridgehead atoms. The Morgan fingerprint density at radius 1 is 0.366 bits per heavy atom. The number of nitrogens with zero attached hydrogens (tertiary/aromatic N) is 1. The van der Waals surface area contributed by atoms with Gasteiger partial charge in [0.05, 0.1) is 44.3 Å². The first-order valence-corrected chi connectivity index (χ1v) is 36.2. The van der Waals surface area contributed by atoms with Crippen LogP contribution in [0, 0.1) is 0 Å². The van der Waals surface area contributed by atoms with Gasteiger partial charge in [-0.05, 0) is 182 Å². The minimum Gasteiger partial charge on any atom is -0.421 e. The van der Waals surface area contributed by atoms with Gasteiger partial charge in [0, 0.05) is 56.0 Å². The largest absolute Gasteiger partial charge is 1.00 e. The summed E-state index contributed by atoms with van der Waals surface area (Å²) in [5, 5.41) is 4.51. The molecule has 0 atom stereocenters. The maximum absolute atomic E-state index is 11.4.